The number of aromatic nitrogens is 1. The van der Waals surface area contributed by atoms with E-state index >= 15 is 0 Å². The van der Waals surface area contributed by atoms with Gasteiger partial charge in [0.1, 0.15) is 5.76 Å². The number of hydrogen-bond acceptors (Lipinski definition) is 5. The first-order valence-corrected chi connectivity index (χ1v) is 10.0. The Bertz CT molecular complexity index is 697. The molecule has 0 saturated carbocycles. The number of piperidine rings is 1. The molecule has 1 saturated heterocycles. The zero-order valence-corrected chi connectivity index (χ0v) is 16.1. The minimum Gasteiger partial charge on any atom is -0.459 e. The number of carbonyl (C=O) groups is 1. The maximum absolute atomic E-state index is 12.5. The first kappa shape index (κ1) is 18.1. The van der Waals surface area contributed by atoms with E-state index in [-0.39, 0.29) is 5.92 Å². The molecule has 1 fully saturated rings. The molecule has 0 radical (unpaired) electrons. The lowest BCUT2D eigenvalue weighted by Crippen LogP contribution is -2.42. The van der Waals surface area contributed by atoms with Gasteiger partial charge in [0.15, 0.2) is 10.8 Å². The van der Waals surface area contributed by atoms with E-state index in [1.165, 1.54) is 0 Å². The number of likely N-dealkylation sites (tertiary alicyclic amines) is 1. The lowest BCUT2D eigenvalue weighted by atomic mass is 9.95. The fourth-order valence-corrected chi connectivity index (χ4v) is 4.17. The summed E-state index contributed by atoms with van der Waals surface area (Å²) >= 11 is 1.63. The summed E-state index contributed by atoms with van der Waals surface area (Å²) in [7, 11) is 0. The van der Waals surface area contributed by atoms with Crippen LogP contribution in [0.25, 0.3) is 10.8 Å². The van der Waals surface area contributed by atoms with Crippen molar-refractivity contribution in [1.82, 2.24) is 14.8 Å². The van der Waals surface area contributed by atoms with Gasteiger partial charge in [-0.05, 0) is 58.8 Å². The third kappa shape index (κ3) is 4.30. The van der Waals surface area contributed by atoms with Crippen LogP contribution in [0.15, 0.2) is 21.9 Å². The van der Waals surface area contributed by atoms with Gasteiger partial charge in [-0.25, -0.2) is 4.98 Å². The van der Waals surface area contributed by atoms with E-state index in [1.54, 1.807) is 11.3 Å². The Morgan fingerprint density at radius 1 is 1.32 bits per heavy atom. The fraction of sp³-hybridized carbons (Fsp3) is 0.579. The third-order valence-electron chi connectivity index (χ3n) is 4.90. The highest BCUT2D eigenvalue weighted by molar-refractivity contribution is 7.13. The molecule has 0 spiro atoms. The number of thiazole rings is 1. The van der Waals surface area contributed by atoms with Gasteiger partial charge in [0.05, 0.1) is 5.69 Å². The Kier molecular flexibility index (Phi) is 5.91. The van der Waals surface area contributed by atoms with Crippen LogP contribution in [0.3, 0.4) is 0 Å². The molecule has 1 aliphatic rings. The van der Waals surface area contributed by atoms with E-state index in [2.05, 4.69) is 24.1 Å². The van der Waals surface area contributed by atoms with Gasteiger partial charge in [-0.15, -0.1) is 11.3 Å². The van der Waals surface area contributed by atoms with E-state index in [4.69, 9.17) is 9.40 Å². The summed E-state index contributed by atoms with van der Waals surface area (Å²) < 4.78 is 5.65. The van der Waals surface area contributed by atoms with Crippen LogP contribution in [-0.2, 0) is 11.3 Å². The normalized spacial score (nSPS) is 16.3. The first-order chi connectivity index (χ1) is 12.1. The van der Waals surface area contributed by atoms with Crippen LogP contribution in [0.4, 0.5) is 0 Å². The Labute approximate surface area is 153 Å². The molecule has 0 unspecified atom stereocenters. The Balaban J connectivity index is 1.53. The molecule has 136 valence electrons. The van der Waals surface area contributed by atoms with Crippen molar-refractivity contribution in [2.75, 3.05) is 26.2 Å². The van der Waals surface area contributed by atoms with Crippen LogP contribution in [0.2, 0.25) is 0 Å². The Morgan fingerprint density at radius 3 is 2.64 bits per heavy atom. The standard InChI is InChI=1S/C19H27N3O2S/c1-4-22(5-2)19(23)15-8-10-21(11-9-15)12-16-13-25-18(20-16)17-7-6-14(3)24-17/h6-7,13,15H,4-5,8-12H2,1-3H3. The summed E-state index contributed by atoms with van der Waals surface area (Å²) in [5, 5.41) is 3.05. The molecular formula is C19H27N3O2S. The number of carbonyl (C=O) groups excluding carboxylic acids is 1. The minimum absolute atomic E-state index is 0.188. The fourth-order valence-electron chi connectivity index (χ4n) is 3.40. The quantitative estimate of drug-likeness (QED) is 0.785. The molecule has 2 aromatic rings. The number of nitrogens with zero attached hydrogens (tertiary/aromatic N) is 3. The molecule has 0 N–H and O–H groups in total. The van der Waals surface area contributed by atoms with Crippen molar-refractivity contribution in [2.45, 2.75) is 40.2 Å². The van der Waals surface area contributed by atoms with Crippen molar-refractivity contribution in [2.24, 2.45) is 5.92 Å². The van der Waals surface area contributed by atoms with E-state index in [0.29, 0.717) is 5.91 Å². The zero-order valence-electron chi connectivity index (χ0n) is 15.3. The van der Waals surface area contributed by atoms with Crippen molar-refractivity contribution >= 4 is 17.2 Å². The SMILES string of the molecule is CCN(CC)C(=O)C1CCN(Cc2csc(-c3ccc(C)o3)n2)CC1. The summed E-state index contributed by atoms with van der Waals surface area (Å²) in [4.78, 5) is 21.5. The Morgan fingerprint density at radius 2 is 2.04 bits per heavy atom. The summed E-state index contributed by atoms with van der Waals surface area (Å²) in [5.74, 6) is 2.27. The summed E-state index contributed by atoms with van der Waals surface area (Å²) in [6.45, 7) is 10.4. The molecule has 3 heterocycles. The largest absolute Gasteiger partial charge is 0.459 e. The monoisotopic (exact) mass is 361 g/mol. The van der Waals surface area contributed by atoms with Crippen molar-refractivity contribution < 1.29 is 9.21 Å². The van der Waals surface area contributed by atoms with Gasteiger partial charge in [0.25, 0.3) is 0 Å². The van der Waals surface area contributed by atoms with Gasteiger partial charge in [0.2, 0.25) is 5.91 Å². The smallest absolute Gasteiger partial charge is 0.225 e. The molecule has 1 aliphatic heterocycles. The van der Waals surface area contributed by atoms with Crippen LogP contribution < -0.4 is 0 Å². The number of hydrogen-bond donors (Lipinski definition) is 0. The molecule has 0 atom stereocenters. The van der Waals surface area contributed by atoms with Crippen molar-refractivity contribution in [1.29, 1.82) is 0 Å². The number of furan rings is 1. The second-order valence-electron chi connectivity index (χ2n) is 6.62. The highest BCUT2D eigenvalue weighted by atomic mass is 32.1. The molecule has 2 aromatic heterocycles. The van der Waals surface area contributed by atoms with Gasteiger partial charge < -0.3 is 9.32 Å². The average molecular weight is 362 g/mol. The maximum atomic E-state index is 12.5. The number of rotatable bonds is 6. The van der Waals surface area contributed by atoms with Crippen LogP contribution >= 0.6 is 11.3 Å². The molecule has 6 heteroatoms. The summed E-state index contributed by atoms with van der Waals surface area (Å²) in [6.07, 6.45) is 1.90. The highest BCUT2D eigenvalue weighted by Crippen LogP contribution is 2.27. The lowest BCUT2D eigenvalue weighted by molar-refractivity contribution is -0.136. The topological polar surface area (TPSA) is 49.6 Å². The summed E-state index contributed by atoms with van der Waals surface area (Å²) in [5.41, 5.74) is 1.09. The minimum atomic E-state index is 0.188. The van der Waals surface area contributed by atoms with Gasteiger partial charge in [-0.2, -0.15) is 0 Å². The Hall–Kier alpha value is -1.66. The highest BCUT2D eigenvalue weighted by Gasteiger charge is 2.27. The van der Waals surface area contributed by atoms with Crippen LogP contribution in [-0.4, -0.2) is 46.9 Å². The first-order valence-electron chi connectivity index (χ1n) is 9.13. The lowest BCUT2D eigenvalue weighted by Gasteiger charge is -2.33. The molecule has 1 amide bonds. The van der Waals surface area contributed by atoms with E-state index in [0.717, 1.165) is 67.8 Å². The van der Waals surface area contributed by atoms with Crippen LogP contribution in [0, 0.1) is 12.8 Å². The van der Waals surface area contributed by atoms with Crippen molar-refractivity contribution in [3.63, 3.8) is 0 Å². The molecule has 0 aliphatic carbocycles. The summed E-state index contributed by atoms with van der Waals surface area (Å²) in [6, 6.07) is 3.94. The van der Waals surface area contributed by atoms with Gasteiger partial charge in [0, 0.05) is 30.9 Å². The second-order valence-corrected chi connectivity index (χ2v) is 7.47. The molecule has 0 aromatic carbocycles. The van der Waals surface area contributed by atoms with Gasteiger partial charge in [-0.3, -0.25) is 9.69 Å². The van der Waals surface area contributed by atoms with Gasteiger partial charge >= 0.3 is 0 Å². The maximum Gasteiger partial charge on any atom is 0.225 e. The molecular weight excluding hydrogens is 334 g/mol. The molecule has 25 heavy (non-hydrogen) atoms. The number of amides is 1. The third-order valence-corrected chi connectivity index (χ3v) is 5.81. The van der Waals surface area contributed by atoms with Gasteiger partial charge in [-0.1, -0.05) is 0 Å². The predicted molar refractivity (Wildman–Crippen MR) is 100 cm³/mol. The zero-order chi connectivity index (χ0) is 17.8. The van der Waals surface area contributed by atoms with E-state index in [9.17, 15) is 4.79 Å². The predicted octanol–water partition coefficient (Wildman–Crippen LogP) is 3.79. The van der Waals surface area contributed by atoms with Crippen LogP contribution in [0.5, 0.6) is 0 Å². The molecule has 5 nitrogen and oxygen atoms in total. The number of aryl methyl sites for hydroxylation is 1. The molecule has 3 rings (SSSR count). The van der Waals surface area contributed by atoms with Crippen molar-refractivity contribution in [3.05, 3.63) is 29.0 Å². The van der Waals surface area contributed by atoms with E-state index < -0.39 is 0 Å². The average Bonchev–Trinajstić information content (AvgIpc) is 3.25. The van der Waals surface area contributed by atoms with Crippen molar-refractivity contribution in [3.8, 4) is 10.8 Å². The second kappa shape index (κ2) is 8.15. The van der Waals surface area contributed by atoms with Crippen LogP contribution in [0.1, 0.15) is 38.1 Å². The molecule has 0 bridgehead atoms. The van der Waals surface area contributed by atoms with E-state index in [1.807, 2.05) is 24.0 Å².